The molecule has 4 rings (SSSR count). The summed E-state index contributed by atoms with van der Waals surface area (Å²) in [4.78, 5) is 25.1. The standard InChI is InChI=1S/C19H19BrO4/c1-3-16(21)12-4-10(5-13-18(20)9(2)24-19(12)13)17(22)6-11-14-7-23-8-15(11)14/h4-5,11,14-15H,3,6-8H2,1-2H3/t11?,14-,15+. The molecule has 1 unspecified atom stereocenters. The summed E-state index contributed by atoms with van der Waals surface area (Å²) in [5, 5.41) is 0.800. The molecule has 2 fully saturated rings. The van der Waals surface area contributed by atoms with Crippen LogP contribution < -0.4 is 0 Å². The largest absolute Gasteiger partial charge is 0.459 e. The number of carbonyl (C=O) groups is 2. The predicted octanol–water partition coefficient (Wildman–Crippen LogP) is 4.56. The number of Topliss-reactive ketones (excluding diaryl/α,β-unsaturated/α-hetero) is 2. The maximum atomic E-state index is 12.8. The van der Waals surface area contributed by atoms with Crippen LogP contribution in [0.4, 0.5) is 0 Å². The van der Waals surface area contributed by atoms with Gasteiger partial charge in [0.05, 0.1) is 23.2 Å². The highest BCUT2D eigenvalue weighted by Gasteiger charge is 2.54. The van der Waals surface area contributed by atoms with E-state index in [4.69, 9.17) is 9.15 Å². The molecule has 24 heavy (non-hydrogen) atoms. The molecule has 5 heteroatoms. The Labute approximate surface area is 148 Å². The first-order chi connectivity index (χ1) is 11.5. The molecule has 1 aromatic carbocycles. The maximum Gasteiger partial charge on any atom is 0.166 e. The average Bonchev–Trinajstić information content (AvgIpc) is 2.92. The zero-order chi connectivity index (χ0) is 17.0. The van der Waals surface area contributed by atoms with E-state index in [2.05, 4.69) is 15.9 Å². The molecule has 0 radical (unpaired) electrons. The summed E-state index contributed by atoms with van der Waals surface area (Å²) >= 11 is 3.51. The van der Waals surface area contributed by atoms with Crippen molar-refractivity contribution in [1.82, 2.24) is 0 Å². The molecule has 3 atom stereocenters. The third-order valence-corrected chi connectivity index (χ3v) is 6.37. The first kappa shape index (κ1) is 16.0. The number of benzene rings is 1. The van der Waals surface area contributed by atoms with E-state index in [1.165, 1.54) is 0 Å². The van der Waals surface area contributed by atoms with Crippen LogP contribution in [0.2, 0.25) is 0 Å². The van der Waals surface area contributed by atoms with Gasteiger partial charge in [-0.2, -0.15) is 0 Å². The van der Waals surface area contributed by atoms with Gasteiger partial charge in [0.1, 0.15) is 11.3 Å². The fourth-order valence-corrected chi connectivity index (χ4v) is 4.22. The summed E-state index contributed by atoms with van der Waals surface area (Å²) in [7, 11) is 0. The second-order valence-electron chi connectivity index (χ2n) is 6.81. The van der Waals surface area contributed by atoms with Gasteiger partial charge in [-0.1, -0.05) is 6.92 Å². The van der Waals surface area contributed by atoms with Crippen LogP contribution in [0.25, 0.3) is 11.0 Å². The minimum atomic E-state index is -0.00686. The lowest BCUT2D eigenvalue weighted by Gasteiger charge is -2.07. The van der Waals surface area contributed by atoms with E-state index in [0.717, 1.165) is 23.1 Å². The van der Waals surface area contributed by atoms with Gasteiger partial charge in [-0.25, -0.2) is 0 Å². The van der Waals surface area contributed by atoms with Crippen molar-refractivity contribution < 1.29 is 18.7 Å². The number of furan rings is 1. The highest BCUT2D eigenvalue weighted by atomic mass is 79.9. The normalized spacial score (nSPS) is 25.0. The summed E-state index contributed by atoms with van der Waals surface area (Å²) in [6.07, 6.45) is 0.923. The first-order valence-corrected chi connectivity index (χ1v) is 9.17. The van der Waals surface area contributed by atoms with Crippen molar-refractivity contribution in [2.75, 3.05) is 13.2 Å². The van der Waals surface area contributed by atoms with Gasteiger partial charge in [0.2, 0.25) is 0 Å². The van der Waals surface area contributed by atoms with Crippen LogP contribution in [0.5, 0.6) is 0 Å². The van der Waals surface area contributed by atoms with Crippen molar-refractivity contribution in [3.05, 3.63) is 33.5 Å². The number of hydrogen-bond acceptors (Lipinski definition) is 4. The quantitative estimate of drug-likeness (QED) is 0.702. The highest BCUT2D eigenvalue weighted by Crippen LogP contribution is 2.53. The van der Waals surface area contributed by atoms with E-state index in [-0.39, 0.29) is 11.6 Å². The van der Waals surface area contributed by atoms with Crippen molar-refractivity contribution in [1.29, 1.82) is 0 Å². The predicted molar refractivity (Wildman–Crippen MR) is 93.5 cm³/mol. The molecule has 4 nitrogen and oxygen atoms in total. The molecule has 1 aliphatic heterocycles. The molecular formula is C19H19BrO4. The van der Waals surface area contributed by atoms with Gasteiger partial charge in [0, 0.05) is 23.8 Å². The number of ketones is 2. The summed E-state index contributed by atoms with van der Waals surface area (Å²) in [6, 6.07) is 3.56. The zero-order valence-electron chi connectivity index (χ0n) is 13.7. The summed E-state index contributed by atoms with van der Waals surface area (Å²) in [5.41, 5.74) is 1.68. The van der Waals surface area contributed by atoms with Gasteiger partial charge >= 0.3 is 0 Å². The van der Waals surface area contributed by atoms with Crippen molar-refractivity contribution >= 4 is 38.5 Å². The Hall–Kier alpha value is -1.46. The Morgan fingerprint density at radius 3 is 2.58 bits per heavy atom. The molecule has 1 aromatic heterocycles. The molecule has 126 valence electrons. The first-order valence-electron chi connectivity index (χ1n) is 8.38. The minimum absolute atomic E-state index is 0.00686. The Morgan fingerprint density at radius 2 is 1.92 bits per heavy atom. The molecular weight excluding hydrogens is 372 g/mol. The summed E-state index contributed by atoms with van der Waals surface area (Å²) in [5.74, 6) is 2.37. The van der Waals surface area contributed by atoms with Crippen LogP contribution >= 0.6 is 15.9 Å². The third-order valence-electron chi connectivity index (χ3n) is 5.38. The number of carbonyl (C=O) groups excluding carboxylic acids is 2. The van der Waals surface area contributed by atoms with Crippen LogP contribution in [-0.4, -0.2) is 24.8 Å². The number of aryl methyl sites for hydroxylation is 1. The number of rotatable bonds is 5. The zero-order valence-corrected chi connectivity index (χ0v) is 15.3. The molecule has 1 saturated heterocycles. The lowest BCUT2D eigenvalue weighted by Crippen LogP contribution is -2.07. The second kappa shape index (κ2) is 5.81. The van der Waals surface area contributed by atoms with Crippen LogP contribution in [-0.2, 0) is 4.74 Å². The summed E-state index contributed by atoms with van der Waals surface area (Å²) < 4.78 is 12.0. The van der Waals surface area contributed by atoms with Gasteiger partial charge in [-0.05, 0) is 52.7 Å². The lowest BCUT2D eigenvalue weighted by atomic mass is 9.97. The second-order valence-corrected chi connectivity index (χ2v) is 7.60. The average molecular weight is 391 g/mol. The molecule has 0 spiro atoms. The molecule has 1 saturated carbocycles. The highest BCUT2D eigenvalue weighted by molar-refractivity contribution is 9.10. The van der Waals surface area contributed by atoms with E-state index in [1.54, 1.807) is 6.07 Å². The van der Waals surface area contributed by atoms with Gasteiger partial charge in [0.15, 0.2) is 11.6 Å². The Bertz CT molecular complexity index is 841. The van der Waals surface area contributed by atoms with E-state index >= 15 is 0 Å². The maximum absolute atomic E-state index is 12.8. The van der Waals surface area contributed by atoms with E-state index in [1.807, 2.05) is 19.9 Å². The van der Waals surface area contributed by atoms with Gasteiger partial charge in [-0.3, -0.25) is 9.59 Å². The number of halogens is 1. The molecule has 2 aliphatic rings. The van der Waals surface area contributed by atoms with Crippen LogP contribution in [0.1, 0.15) is 46.2 Å². The van der Waals surface area contributed by atoms with Crippen molar-refractivity contribution in [2.45, 2.75) is 26.7 Å². The molecule has 0 N–H and O–H groups in total. The topological polar surface area (TPSA) is 56.5 Å². The van der Waals surface area contributed by atoms with Gasteiger partial charge in [-0.15, -0.1) is 0 Å². The van der Waals surface area contributed by atoms with E-state index in [9.17, 15) is 9.59 Å². The van der Waals surface area contributed by atoms with Crippen LogP contribution in [0.3, 0.4) is 0 Å². The van der Waals surface area contributed by atoms with E-state index in [0.29, 0.717) is 53.1 Å². The molecule has 0 bridgehead atoms. The Balaban J connectivity index is 1.71. The fourth-order valence-electron chi connectivity index (χ4n) is 3.84. The monoisotopic (exact) mass is 390 g/mol. The number of hydrogen-bond donors (Lipinski definition) is 0. The van der Waals surface area contributed by atoms with Crippen molar-refractivity contribution in [3.63, 3.8) is 0 Å². The minimum Gasteiger partial charge on any atom is -0.459 e. The number of ether oxygens (including phenoxy) is 1. The van der Waals surface area contributed by atoms with Crippen molar-refractivity contribution in [3.8, 4) is 0 Å². The molecule has 2 heterocycles. The summed E-state index contributed by atoms with van der Waals surface area (Å²) in [6.45, 7) is 5.23. The smallest absolute Gasteiger partial charge is 0.166 e. The van der Waals surface area contributed by atoms with E-state index < -0.39 is 0 Å². The third kappa shape index (κ3) is 2.45. The van der Waals surface area contributed by atoms with Crippen molar-refractivity contribution in [2.24, 2.45) is 17.8 Å². The molecule has 1 aliphatic carbocycles. The van der Waals surface area contributed by atoms with Crippen LogP contribution in [0.15, 0.2) is 21.0 Å². The number of fused-ring (bicyclic) bond motifs is 2. The SMILES string of the molecule is CCC(=O)c1cc(C(=O)CC2[C@H]3COC[C@@H]23)cc2c(Br)c(C)oc12. The fraction of sp³-hybridized carbons (Fsp3) is 0.474. The Morgan fingerprint density at radius 1 is 1.21 bits per heavy atom. The molecule has 0 amide bonds. The molecule has 2 aromatic rings. The van der Waals surface area contributed by atoms with Gasteiger partial charge in [0.25, 0.3) is 0 Å². The lowest BCUT2D eigenvalue weighted by molar-refractivity contribution is 0.0951. The van der Waals surface area contributed by atoms with Gasteiger partial charge < -0.3 is 9.15 Å². The van der Waals surface area contributed by atoms with Crippen LogP contribution in [0, 0.1) is 24.7 Å². The Kier molecular flexibility index (Phi) is 3.88.